The molecule has 1 aliphatic heterocycles. The van der Waals surface area contributed by atoms with Crippen LogP contribution in [0.2, 0.25) is 0 Å². The second-order valence-corrected chi connectivity index (χ2v) is 9.90. The minimum Gasteiger partial charge on any atom is -0.340 e. The number of amides is 1. The molecule has 0 aliphatic carbocycles. The summed E-state index contributed by atoms with van der Waals surface area (Å²) in [7, 11) is -1.84. The molecule has 4 rings (SSSR count). The number of aryl methyl sites for hydroxylation is 3. The van der Waals surface area contributed by atoms with Gasteiger partial charge in [-0.2, -0.15) is 9.40 Å². The van der Waals surface area contributed by atoms with Crippen LogP contribution in [-0.4, -0.2) is 69.5 Å². The van der Waals surface area contributed by atoms with Gasteiger partial charge in [-0.25, -0.2) is 8.42 Å². The van der Waals surface area contributed by atoms with Crippen LogP contribution in [0.1, 0.15) is 23.2 Å². The Bertz CT molecular complexity index is 1320. The Balaban J connectivity index is 1.41. The fraction of sp³-hybridized carbons (Fsp3) is 0.429. The predicted molar refractivity (Wildman–Crippen MR) is 119 cm³/mol. The fourth-order valence-corrected chi connectivity index (χ4v) is 5.66. The number of hydrogen-bond acceptors (Lipinski definition) is 6. The minimum atomic E-state index is -3.62. The zero-order chi connectivity index (χ0) is 23.0. The van der Waals surface area contributed by atoms with Gasteiger partial charge < -0.3 is 9.88 Å². The smallest absolute Gasteiger partial charge is 0.253 e. The van der Waals surface area contributed by atoms with E-state index in [1.807, 2.05) is 13.8 Å². The molecule has 1 N–H and O–H groups in total. The maximum atomic E-state index is 12.8. The van der Waals surface area contributed by atoms with Crippen molar-refractivity contribution in [2.45, 2.75) is 31.6 Å². The number of carbonyl (C=O) groups is 1. The van der Waals surface area contributed by atoms with Crippen LogP contribution in [0.25, 0.3) is 11.0 Å². The van der Waals surface area contributed by atoms with Crippen molar-refractivity contribution in [1.29, 1.82) is 0 Å². The molecule has 0 bridgehead atoms. The molecule has 3 aromatic heterocycles. The summed E-state index contributed by atoms with van der Waals surface area (Å²) in [5, 5.41) is 5.27. The van der Waals surface area contributed by atoms with Gasteiger partial charge in [0.2, 0.25) is 15.9 Å². The van der Waals surface area contributed by atoms with Crippen molar-refractivity contribution < 1.29 is 13.2 Å². The lowest BCUT2D eigenvalue weighted by atomic mass is 10.0. The maximum Gasteiger partial charge on any atom is 0.253 e. The summed E-state index contributed by atoms with van der Waals surface area (Å²) in [6.07, 6.45) is 3.35. The monoisotopic (exact) mass is 458 g/mol. The number of carbonyl (C=O) groups excluding carboxylic acids is 1. The quantitative estimate of drug-likeness (QED) is 0.602. The highest BCUT2D eigenvalue weighted by molar-refractivity contribution is 7.89. The molecule has 0 radical (unpaired) electrons. The van der Waals surface area contributed by atoms with Gasteiger partial charge in [0.15, 0.2) is 0 Å². The molecule has 1 saturated heterocycles. The molecule has 0 saturated carbocycles. The van der Waals surface area contributed by atoms with Crippen LogP contribution >= 0.6 is 0 Å². The number of aromatic nitrogens is 4. The second-order valence-electron chi connectivity index (χ2n) is 7.96. The van der Waals surface area contributed by atoms with E-state index in [1.165, 1.54) is 22.8 Å². The first-order valence-corrected chi connectivity index (χ1v) is 11.9. The van der Waals surface area contributed by atoms with Gasteiger partial charge in [-0.15, -0.1) is 0 Å². The van der Waals surface area contributed by atoms with Crippen molar-refractivity contribution in [2.24, 2.45) is 7.05 Å². The van der Waals surface area contributed by atoms with Crippen LogP contribution in [0.3, 0.4) is 0 Å². The van der Waals surface area contributed by atoms with E-state index in [-0.39, 0.29) is 35.9 Å². The Morgan fingerprint density at radius 1 is 1.19 bits per heavy atom. The highest BCUT2D eigenvalue weighted by atomic mass is 32.2. The van der Waals surface area contributed by atoms with Crippen LogP contribution in [0.15, 0.2) is 34.2 Å². The van der Waals surface area contributed by atoms with Gasteiger partial charge in [0.05, 0.1) is 5.69 Å². The normalized spacial score (nSPS) is 15.4. The molecule has 0 atom stereocenters. The fourth-order valence-electron chi connectivity index (χ4n) is 4.27. The number of hydrogen-bond donors (Lipinski definition) is 1. The topological polar surface area (TPSA) is 121 Å². The van der Waals surface area contributed by atoms with Gasteiger partial charge in [0, 0.05) is 63.0 Å². The summed E-state index contributed by atoms with van der Waals surface area (Å²) in [4.78, 5) is 33.9. The van der Waals surface area contributed by atoms with Crippen LogP contribution in [-0.2, 0) is 28.3 Å². The van der Waals surface area contributed by atoms with Crippen LogP contribution in [0, 0.1) is 13.8 Å². The summed E-state index contributed by atoms with van der Waals surface area (Å²) in [5.41, 5.74) is 2.72. The van der Waals surface area contributed by atoms with Crippen molar-refractivity contribution in [3.05, 3.63) is 51.7 Å². The Morgan fingerprint density at radius 2 is 1.91 bits per heavy atom. The third-order valence-corrected chi connectivity index (χ3v) is 7.89. The van der Waals surface area contributed by atoms with Crippen molar-refractivity contribution >= 4 is 27.0 Å². The number of piperazine rings is 1. The van der Waals surface area contributed by atoms with Gasteiger partial charge in [0.25, 0.3) is 5.56 Å². The van der Waals surface area contributed by atoms with Crippen molar-refractivity contribution in [1.82, 2.24) is 29.0 Å². The number of fused-ring (bicyclic) bond motifs is 1. The Labute approximate surface area is 185 Å². The summed E-state index contributed by atoms with van der Waals surface area (Å²) >= 11 is 0. The molecule has 32 heavy (non-hydrogen) atoms. The molecule has 4 heterocycles. The third-order valence-electron chi connectivity index (χ3n) is 6.01. The van der Waals surface area contributed by atoms with Crippen LogP contribution in [0.5, 0.6) is 0 Å². The Morgan fingerprint density at radius 3 is 2.56 bits per heavy atom. The summed E-state index contributed by atoms with van der Waals surface area (Å²) in [6, 6.07) is 3.10. The van der Waals surface area contributed by atoms with E-state index in [1.54, 1.807) is 22.7 Å². The van der Waals surface area contributed by atoms with E-state index in [9.17, 15) is 18.0 Å². The molecule has 0 unspecified atom stereocenters. The molecule has 10 nitrogen and oxygen atoms in total. The lowest BCUT2D eigenvalue weighted by molar-refractivity contribution is -0.132. The zero-order valence-corrected chi connectivity index (χ0v) is 19.1. The molecule has 11 heteroatoms. The molecule has 3 aromatic rings. The van der Waals surface area contributed by atoms with Gasteiger partial charge in [-0.1, -0.05) is 0 Å². The lowest BCUT2D eigenvalue weighted by Crippen LogP contribution is -2.50. The van der Waals surface area contributed by atoms with E-state index in [0.29, 0.717) is 30.7 Å². The highest BCUT2D eigenvalue weighted by Gasteiger charge is 2.30. The average Bonchev–Trinajstić information content (AvgIpc) is 3.07. The number of sulfonamides is 1. The van der Waals surface area contributed by atoms with E-state index in [2.05, 4.69) is 15.1 Å². The molecular weight excluding hydrogens is 432 g/mol. The average molecular weight is 459 g/mol. The predicted octanol–water partition coefficient (Wildman–Crippen LogP) is 0.739. The lowest BCUT2D eigenvalue weighted by Gasteiger charge is -2.34. The standard InChI is InChI=1S/C21H26N6O4S/c1-14-17(21(29)23-20-19(14)15(2)24-25(20)3)6-7-18(28)26-9-11-27(12-10-26)32(30,31)16-5-4-8-22-13-16/h4-5,8,13H,6-7,9-12H2,1-3H3,(H,23,29). The zero-order valence-electron chi connectivity index (χ0n) is 18.3. The van der Waals surface area contributed by atoms with Crippen molar-refractivity contribution in [2.75, 3.05) is 26.2 Å². The number of rotatable bonds is 5. The SMILES string of the molecule is Cc1nn(C)c2[nH]c(=O)c(CCC(=O)N3CCN(S(=O)(=O)c4cccnc4)CC3)c(C)c12. The molecule has 1 amide bonds. The molecule has 1 fully saturated rings. The Kier molecular flexibility index (Phi) is 5.87. The van der Waals surface area contributed by atoms with Gasteiger partial charge >= 0.3 is 0 Å². The summed E-state index contributed by atoms with van der Waals surface area (Å²) in [5.74, 6) is -0.0924. The summed E-state index contributed by atoms with van der Waals surface area (Å²) in [6.45, 7) is 4.85. The summed E-state index contributed by atoms with van der Waals surface area (Å²) < 4.78 is 28.5. The first kappa shape index (κ1) is 22.2. The largest absolute Gasteiger partial charge is 0.340 e. The van der Waals surface area contributed by atoms with Crippen LogP contribution in [0.4, 0.5) is 0 Å². The molecule has 170 valence electrons. The van der Waals surface area contributed by atoms with E-state index >= 15 is 0 Å². The second kappa shape index (κ2) is 8.47. The molecular formula is C21H26N6O4S. The minimum absolute atomic E-state index is 0.0924. The van der Waals surface area contributed by atoms with Gasteiger partial charge in [-0.05, 0) is 38.0 Å². The van der Waals surface area contributed by atoms with Crippen molar-refractivity contribution in [3.63, 3.8) is 0 Å². The first-order valence-electron chi connectivity index (χ1n) is 10.4. The molecule has 0 aromatic carbocycles. The molecule has 1 aliphatic rings. The van der Waals surface area contributed by atoms with Crippen LogP contribution < -0.4 is 5.56 Å². The highest BCUT2D eigenvalue weighted by Crippen LogP contribution is 2.22. The number of H-pyrrole nitrogens is 1. The maximum absolute atomic E-state index is 12.8. The molecule has 0 spiro atoms. The number of aromatic amines is 1. The number of pyridine rings is 2. The first-order chi connectivity index (χ1) is 15.2. The van der Waals surface area contributed by atoms with Gasteiger partial charge in [-0.3, -0.25) is 19.3 Å². The van der Waals surface area contributed by atoms with E-state index < -0.39 is 10.0 Å². The third kappa shape index (κ3) is 3.93. The number of nitrogens with zero attached hydrogens (tertiary/aromatic N) is 5. The van der Waals surface area contributed by atoms with Crippen molar-refractivity contribution in [3.8, 4) is 0 Å². The van der Waals surface area contributed by atoms with E-state index in [4.69, 9.17) is 0 Å². The Hall–Kier alpha value is -3.05. The van der Waals surface area contributed by atoms with Gasteiger partial charge in [0.1, 0.15) is 10.5 Å². The van der Waals surface area contributed by atoms with E-state index in [0.717, 1.165) is 16.6 Å². The number of nitrogens with one attached hydrogen (secondary N) is 1.